The molecule has 0 bridgehead atoms. The summed E-state index contributed by atoms with van der Waals surface area (Å²) in [5.41, 5.74) is 2.24. The number of carbonyl (C=O) groups excluding carboxylic acids is 2. The molecule has 2 aromatic rings. The second-order valence-electron chi connectivity index (χ2n) is 9.62. The molecule has 37 heavy (non-hydrogen) atoms. The molecular formula is C27H35N3O6S. The van der Waals surface area contributed by atoms with Crippen LogP contribution in [0.3, 0.4) is 0 Å². The van der Waals surface area contributed by atoms with Gasteiger partial charge in [-0.3, -0.25) is 13.9 Å². The van der Waals surface area contributed by atoms with Gasteiger partial charge >= 0.3 is 0 Å². The van der Waals surface area contributed by atoms with Crippen LogP contribution in [0.1, 0.15) is 50.7 Å². The summed E-state index contributed by atoms with van der Waals surface area (Å²) >= 11 is 0. The molecule has 1 atom stereocenters. The monoisotopic (exact) mass is 529 g/mol. The quantitative estimate of drug-likeness (QED) is 0.506. The Labute approximate surface area is 218 Å². The van der Waals surface area contributed by atoms with Crippen LogP contribution in [-0.4, -0.2) is 56.3 Å². The van der Waals surface area contributed by atoms with Crippen LogP contribution in [0.4, 0.5) is 5.69 Å². The molecule has 2 aromatic carbocycles. The number of sulfonamides is 1. The SMILES string of the molecule is CCS(=O)(=O)N(CC(=O)N(Cc1ccc(C)cc1)[C@@H](C)C(=O)NC1CCCC1)c1ccc2c(c1)OCO2. The van der Waals surface area contributed by atoms with Gasteiger partial charge in [-0.05, 0) is 51.3 Å². The minimum Gasteiger partial charge on any atom is -0.454 e. The molecule has 0 unspecified atom stereocenters. The van der Waals surface area contributed by atoms with Crippen molar-refractivity contribution < 1.29 is 27.5 Å². The number of fused-ring (bicyclic) bond motifs is 1. The highest BCUT2D eigenvalue weighted by atomic mass is 32.2. The lowest BCUT2D eigenvalue weighted by Gasteiger charge is -2.32. The number of hydrogen-bond acceptors (Lipinski definition) is 6. The maximum Gasteiger partial charge on any atom is 0.244 e. The summed E-state index contributed by atoms with van der Waals surface area (Å²) in [7, 11) is -3.81. The van der Waals surface area contributed by atoms with Crippen LogP contribution in [-0.2, 0) is 26.2 Å². The zero-order chi connectivity index (χ0) is 26.6. The molecule has 0 spiro atoms. The molecule has 1 fully saturated rings. The first-order chi connectivity index (χ1) is 17.7. The normalized spacial score (nSPS) is 15.9. The van der Waals surface area contributed by atoms with Gasteiger partial charge in [0, 0.05) is 18.7 Å². The van der Waals surface area contributed by atoms with E-state index in [9.17, 15) is 18.0 Å². The molecule has 1 heterocycles. The lowest BCUT2D eigenvalue weighted by Crippen LogP contribution is -2.52. The van der Waals surface area contributed by atoms with Gasteiger partial charge in [0.15, 0.2) is 11.5 Å². The third-order valence-electron chi connectivity index (χ3n) is 6.97. The highest BCUT2D eigenvalue weighted by molar-refractivity contribution is 7.92. The lowest BCUT2D eigenvalue weighted by molar-refractivity contribution is -0.139. The van der Waals surface area contributed by atoms with Gasteiger partial charge in [0.1, 0.15) is 12.6 Å². The first-order valence-electron chi connectivity index (χ1n) is 12.7. The molecule has 1 N–H and O–H groups in total. The number of amides is 2. The van der Waals surface area contributed by atoms with Crippen LogP contribution in [0, 0.1) is 6.92 Å². The van der Waals surface area contributed by atoms with Gasteiger partial charge < -0.3 is 19.7 Å². The number of anilines is 1. The third-order valence-corrected chi connectivity index (χ3v) is 8.71. The number of nitrogens with zero attached hydrogens (tertiary/aromatic N) is 2. The Balaban J connectivity index is 1.61. The van der Waals surface area contributed by atoms with E-state index in [0.717, 1.165) is 41.1 Å². The molecule has 0 aromatic heterocycles. The number of benzene rings is 2. The van der Waals surface area contributed by atoms with E-state index in [-0.39, 0.29) is 31.0 Å². The lowest BCUT2D eigenvalue weighted by atomic mass is 10.1. The summed E-state index contributed by atoms with van der Waals surface area (Å²) in [6.45, 7) is 4.98. The van der Waals surface area contributed by atoms with E-state index < -0.39 is 28.5 Å². The summed E-state index contributed by atoms with van der Waals surface area (Å²) in [6, 6.07) is 11.8. The van der Waals surface area contributed by atoms with E-state index in [1.807, 2.05) is 31.2 Å². The van der Waals surface area contributed by atoms with Crippen LogP contribution in [0.2, 0.25) is 0 Å². The van der Waals surface area contributed by atoms with Crippen LogP contribution in [0.25, 0.3) is 0 Å². The van der Waals surface area contributed by atoms with Gasteiger partial charge in [0.2, 0.25) is 28.6 Å². The van der Waals surface area contributed by atoms with E-state index in [1.165, 1.54) is 11.8 Å². The second kappa shape index (κ2) is 11.4. The van der Waals surface area contributed by atoms with E-state index in [2.05, 4.69) is 5.32 Å². The van der Waals surface area contributed by atoms with E-state index in [1.54, 1.807) is 25.1 Å². The standard InChI is InChI=1S/C27H35N3O6S/c1-4-37(33,34)30(23-13-14-24-25(15-23)36-18-35-24)17-26(31)29(16-21-11-9-19(2)10-12-21)20(3)27(32)28-22-7-5-6-8-22/h9-15,20,22H,4-8,16-18H2,1-3H3,(H,28,32)/t20-/m0/s1. The van der Waals surface area contributed by atoms with Crippen LogP contribution in [0.5, 0.6) is 11.5 Å². The number of rotatable bonds is 10. The molecule has 200 valence electrons. The van der Waals surface area contributed by atoms with Gasteiger partial charge in [-0.2, -0.15) is 0 Å². The Kier molecular flexibility index (Phi) is 8.26. The molecule has 0 radical (unpaired) electrons. The highest BCUT2D eigenvalue weighted by Gasteiger charge is 2.32. The fourth-order valence-electron chi connectivity index (χ4n) is 4.62. The Bertz CT molecular complexity index is 1230. The van der Waals surface area contributed by atoms with Crippen molar-refractivity contribution in [3.05, 3.63) is 53.6 Å². The summed E-state index contributed by atoms with van der Waals surface area (Å²) < 4.78 is 38.0. The molecule has 0 saturated heterocycles. The average Bonchev–Trinajstić information content (AvgIpc) is 3.57. The molecular weight excluding hydrogens is 494 g/mol. The van der Waals surface area contributed by atoms with Crippen LogP contribution in [0.15, 0.2) is 42.5 Å². The van der Waals surface area contributed by atoms with Crippen LogP contribution >= 0.6 is 0 Å². The predicted octanol–water partition coefficient (Wildman–Crippen LogP) is 3.36. The van der Waals surface area contributed by atoms with Crippen molar-refractivity contribution in [3.8, 4) is 11.5 Å². The Morgan fingerprint density at radius 1 is 1.05 bits per heavy atom. The molecule has 4 rings (SSSR count). The highest BCUT2D eigenvalue weighted by Crippen LogP contribution is 2.36. The first-order valence-corrected chi connectivity index (χ1v) is 14.3. The summed E-state index contributed by atoms with van der Waals surface area (Å²) in [5.74, 6) is 0.0404. The van der Waals surface area contributed by atoms with Crippen molar-refractivity contribution >= 4 is 27.5 Å². The van der Waals surface area contributed by atoms with Gasteiger partial charge in [-0.1, -0.05) is 42.7 Å². The topological polar surface area (TPSA) is 105 Å². The Morgan fingerprint density at radius 3 is 2.41 bits per heavy atom. The Hall–Kier alpha value is -3.27. The fraction of sp³-hybridized carbons (Fsp3) is 0.481. The molecule has 1 aliphatic carbocycles. The molecule has 10 heteroatoms. The van der Waals surface area contributed by atoms with E-state index >= 15 is 0 Å². The van der Waals surface area contributed by atoms with Gasteiger partial charge in [0.05, 0.1) is 11.4 Å². The van der Waals surface area contributed by atoms with Crippen molar-refractivity contribution in [1.82, 2.24) is 10.2 Å². The molecule has 9 nitrogen and oxygen atoms in total. The predicted molar refractivity (Wildman–Crippen MR) is 141 cm³/mol. The van der Waals surface area contributed by atoms with E-state index in [0.29, 0.717) is 17.2 Å². The van der Waals surface area contributed by atoms with Gasteiger partial charge in [-0.25, -0.2) is 8.42 Å². The number of ether oxygens (including phenoxy) is 2. The van der Waals surface area contributed by atoms with Crippen molar-refractivity contribution in [1.29, 1.82) is 0 Å². The van der Waals surface area contributed by atoms with Crippen molar-refractivity contribution in [2.75, 3.05) is 23.4 Å². The summed E-state index contributed by atoms with van der Waals surface area (Å²) in [5, 5.41) is 3.07. The Morgan fingerprint density at radius 2 is 1.73 bits per heavy atom. The first kappa shape index (κ1) is 26.8. The third kappa shape index (κ3) is 6.36. The minimum absolute atomic E-state index is 0.0518. The summed E-state index contributed by atoms with van der Waals surface area (Å²) in [4.78, 5) is 28.4. The molecule has 1 aliphatic heterocycles. The molecule has 2 amide bonds. The zero-order valence-corrected chi connectivity index (χ0v) is 22.4. The van der Waals surface area contributed by atoms with Gasteiger partial charge in [-0.15, -0.1) is 0 Å². The smallest absolute Gasteiger partial charge is 0.244 e. The fourth-order valence-corrected chi connectivity index (χ4v) is 5.68. The number of nitrogens with one attached hydrogen (secondary N) is 1. The molecule has 1 saturated carbocycles. The van der Waals surface area contributed by atoms with Crippen molar-refractivity contribution in [3.63, 3.8) is 0 Å². The average molecular weight is 530 g/mol. The maximum absolute atomic E-state index is 13.8. The number of hydrogen-bond donors (Lipinski definition) is 1. The zero-order valence-electron chi connectivity index (χ0n) is 21.6. The van der Waals surface area contributed by atoms with Crippen molar-refractivity contribution in [2.24, 2.45) is 0 Å². The van der Waals surface area contributed by atoms with E-state index in [4.69, 9.17) is 9.47 Å². The van der Waals surface area contributed by atoms with Gasteiger partial charge in [0.25, 0.3) is 0 Å². The second-order valence-corrected chi connectivity index (χ2v) is 11.8. The minimum atomic E-state index is -3.81. The summed E-state index contributed by atoms with van der Waals surface area (Å²) in [6.07, 6.45) is 4.00. The van der Waals surface area contributed by atoms with Crippen LogP contribution < -0.4 is 19.1 Å². The number of aryl methyl sites for hydroxylation is 1. The largest absolute Gasteiger partial charge is 0.454 e. The molecule has 2 aliphatic rings. The van der Waals surface area contributed by atoms with Crippen molar-refractivity contribution in [2.45, 2.75) is 65.1 Å². The maximum atomic E-state index is 13.8. The number of carbonyl (C=O) groups is 2.